The number of nitrogens with zero attached hydrogens (tertiary/aromatic N) is 1. The monoisotopic (exact) mass is 323 g/mol. The Balaban J connectivity index is 2.19. The molecule has 1 heterocycles. The van der Waals surface area contributed by atoms with E-state index in [4.69, 9.17) is 5.84 Å². The molecule has 0 aliphatic carbocycles. The number of aryl methyl sites for hydroxylation is 1. The number of nitrogens with one attached hydrogen (secondary N) is 1. The molecular weight excluding hydrogens is 309 g/mol. The van der Waals surface area contributed by atoms with Gasteiger partial charge in [0.15, 0.2) is 0 Å². The third-order valence-corrected chi connectivity index (χ3v) is 3.47. The van der Waals surface area contributed by atoms with Crippen LogP contribution in [0, 0.1) is 12.7 Å². The molecule has 3 nitrogen and oxygen atoms in total. The van der Waals surface area contributed by atoms with E-state index in [1.54, 1.807) is 19.2 Å². The third kappa shape index (κ3) is 3.59. The second-order valence-electron chi connectivity index (χ2n) is 4.40. The van der Waals surface area contributed by atoms with Crippen LogP contribution >= 0.6 is 15.9 Å². The van der Waals surface area contributed by atoms with Gasteiger partial charge in [-0.05, 0) is 52.2 Å². The van der Waals surface area contributed by atoms with Crippen LogP contribution in [0.15, 0.2) is 41.0 Å². The highest BCUT2D eigenvalue weighted by molar-refractivity contribution is 9.10. The number of benzene rings is 1. The Labute approximate surface area is 120 Å². The van der Waals surface area contributed by atoms with Gasteiger partial charge in [0.25, 0.3) is 0 Å². The SMILES string of the molecule is Cc1ccc(C(Cc2ccc(Br)cn2)NN)cc1F. The Bertz CT molecular complexity index is 557. The minimum atomic E-state index is -0.221. The van der Waals surface area contributed by atoms with Gasteiger partial charge in [0.2, 0.25) is 0 Å². The molecule has 2 aromatic rings. The van der Waals surface area contributed by atoms with E-state index < -0.39 is 0 Å². The smallest absolute Gasteiger partial charge is 0.126 e. The molecule has 0 saturated heterocycles. The van der Waals surface area contributed by atoms with Gasteiger partial charge < -0.3 is 0 Å². The largest absolute Gasteiger partial charge is 0.271 e. The molecular formula is C14H15BrFN3. The molecule has 2 rings (SSSR count). The zero-order valence-electron chi connectivity index (χ0n) is 10.5. The summed E-state index contributed by atoms with van der Waals surface area (Å²) in [5, 5.41) is 0. The lowest BCUT2D eigenvalue weighted by Gasteiger charge is -2.16. The van der Waals surface area contributed by atoms with Crippen LogP contribution in [0.3, 0.4) is 0 Å². The summed E-state index contributed by atoms with van der Waals surface area (Å²) in [6.07, 6.45) is 2.34. The van der Waals surface area contributed by atoms with Gasteiger partial charge >= 0.3 is 0 Å². The van der Waals surface area contributed by atoms with Crippen molar-refractivity contribution in [2.24, 2.45) is 5.84 Å². The highest BCUT2D eigenvalue weighted by Gasteiger charge is 2.13. The standard InChI is InChI=1S/C14H15BrFN3/c1-9-2-3-10(6-13(9)16)14(19-17)7-12-5-4-11(15)8-18-12/h2-6,8,14,19H,7,17H2,1H3. The summed E-state index contributed by atoms with van der Waals surface area (Å²) in [4.78, 5) is 4.30. The molecule has 0 aliphatic heterocycles. The van der Waals surface area contributed by atoms with E-state index in [9.17, 15) is 4.39 Å². The van der Waals surface area contributed by atoms with Crippen LogP contribution < -0.4 is 11.3 Å². The molecule has 0 aliphatic rings. The van der Waals surface area contributed by atoms with Crippen molar-refractivity contribution in [1.82, 2.24) is 10.4 Å². The Morgan fingerprint density at radius 1 is 1.37 bits per heavy atom. The fourth-order valence-electron chi connectivity index (χ4n) is 1.84. The number of hydrazine groups is 1. The fraction of sp³-hybridized carbons (Fsp3) is 0.214. The first kappa shape index (κ1) is 14.1. The molecule has 1 aromatic heterocycles. The number of aromatic nitrogens is 1. The number of hydrogen-bond donors (Lipinski definition) is 2. The number of rotatable bonds is 4. The molecule has 0 saturated carbocycles. The van der Waals surface area contributed by atoms with Gasteiger partial charge in [0.1, 0.15) is 5.82 Å². The summed E-state index contributed by atoms with van der Waals surface area (Å²) in [6, 6.07) is 8.82. The van der Waals surface area contributed by atoms with Crippen molar-refractivity contribution in [3.05, 3.63) is 63.6 Å². The summed E-state index contributed by atoms with van der Waals surface area (Å²) in [6.45, 7) is 1.74. The molecule has 1 unspecified atom stereocenters. The first-order chi connectivity index (χ1) is 9.10. The zero-order valence-corrected chi connectivity index (χ0v) is 12.1. The quantitative estimate of drug-likeness (QED) is 0.671. The molecule has 0 amide bonds. The normalized spacial score (nSPS) is 12.4. The summed E-state index contributed by atoms with van der Waals surface area (Å²) < 4.78 is 14.5. The van der Waals surface area contributed by atoms with E-state index in [0.717, 1.165) is 15.7 Å². The minimum absolute atomic E-state index is 0.163. The van der Waals surface area contributed by atoms with Gasteiger partial charge in [0, 0.05) is 22.8 Å². The first-order valence-corrected chi connectivity index (χ1v) is 6.72. The highest BCUT2D eigenvalue weighted by atomic mass is 79.9. The van der Waals surface area contributed by atoms with Gasteiger partial charge in [-0.25, -0.2) is 4.39 Å². The van der Waals surface area contributed by atoms with Crippen molar-refractivity contribution in [2.75, 3.05) is 0 Å². The molecule has 5 heteroatoms. The summed E-state index contributed by atoms with van der Waals surface area (Å²) in [7, 11) is 0. The summed E-state index contributed by atoms with van der Waals surface area (Å²) in [5.41, 5.74) is 5.05. The van der Waals surface area contributed by atoms with Crippen molar-refractivity contribution >= 4 is 15.9 Å². The van der Waals surface area contributed by atoms with Crippen LogP contribution in [0.5, 0.6) is 0 Å². The predicted molar refractivity (Wildman–Crippen MR) is 76.8 cm³/mol. The van der Waals surface area contributed by atoms with Gasteiger partial charge in [0.05, 0.1) is 6.04 Å². The van der Waals surface area contributed by atoms with E-state index in [2.05, 4.69) is 26.3 Å². The lowest BCUT2D eigenvalue weighted by atomic mass is 10.0. The molecule has 0 spiro atoms. The summed E-state index contributed by atoms with van der Waals surface area (Å²) in [5.74, 6) is 5.34. The predicted octanol–water partition coefficient (Wildman–Crippen LogP) is 3.04. The minimum Gasteiger partial charge on any atom is -0.271 e. The second kappa shape index (κ2) is 6.23. The average molecular weight is 324 g/mol. The lowest BCUT2D eigenvalue weighted by molar-refractivity contribution is 0.538. The molecule has 100 valence electrons. The number of pyridine rings is 1. The zero-order chi connectivity index (χ0) is 13.8. The van der Waals surface area contributed by atoms with Gasteiger partial charge in [-0.3, -0.25) is 16.3 Å². The Morgan fingerprint density at radius 3 is 2.74 bits per heavy atom. The van der Waals surface area contributed by atoms with Crippen molar-refractivity contribution in [1.29, 1.82) is 0 Å². The Hall–Kier alpha value is -1.30. The lowest BCUT2D eigenvalue weighted by Crippen LogP contribution is -2.29. The molecule has 3 N–H and O–H groups in total. The molecule has 0 bridgehead atoms. The van der Waals surface area contributed by atoms with Crippen LogP contribution in [-0.4, -0.2) is 4.98 Å². The van der Waals surface area contributed by atoms with Gasteiger partial charge in [-0.15, -0.1) is 0 Å². The summed E-state index contributed by atoms with van der Waals surface area (Å²) >= 11 is 3.34. The van der Waals surface area contributed by atoms with E-state index in [1.807, 2.05) is 18.2 Å². The maximum absolute atomic E-state index is 13.6. The Morgan fingerprint density at radius 2 is 2.16 bits per heavy atom. The molecule has 1 aromatic carbocycles. The third-order valence-electron chi connectivity index (χ3n) is 3.00. The number of hydrogen-bond acceptors (Lipinski definition) is 3. The molecule has 19 heavy (non-hydrogen) atoms. The highest BCUT2D eigenvalue weighted by Crippen LogP contribution is 2.20. The van der Waals surface area contributed by atoms with Crippen LogP contribution in [-0.2, 0) is 6.42 Å². The van der Waals surface area contributed by atoms with Crippen molar-refractivity contribution in [3.63, 3.8) is 0 Å². The Kier molecular flexibility index (Phi) is 4.63. The van der Waals surface area contributed by atoms with Crippen LogP contribution in [0.1, 0.15) is 22.9 Å². The second-order valence-corrected chi connectivity index (χ2v) is 5.32. The van der Waals surface area contributed by atoms with E-state index in [1.165, 1.54) is 6.07 Å². The van der Waals surface area contributed by atoms with Crippen molar-refractivity contribution in [3.8, 4) is 0 Å². The van der Waals surface area contributed by atoms with E-state index in [0.29, 0.717) is 12.0 Å². The van der Waals surface area contributed by atoms with Gasteiger partial charge in [-0.2, -0.15) is 0 Å². The van der Waals surface area contributed by atoms with Crippen LogP contribution in [0.4, 0.5) is 4.39 Å². The van der Waals surface area contributed by atoms with Gasteiger partial charge in [-0.1, -0.05) is 12.1 Å². The van der Waals surface area contributed by atoms with E-state index >= 15 is 0 Å². The van der Waals surface area contributed by atoms with E-state index in [-0.39, 0.29) is 11.9 Å². The fourth-order valence-corrected chi connectivity index (χ4v) is 2.07. The maximum atomic E-state index is 13.6. The average Bonchev–Trinajstić information content (AvgIpc) is 2.41. The number of nitrogens with two attached hydrogens (primary N) is 1. The van der Waals surface area contributed by atoms with Crippen LogP contribution in [0.25, 0.3) is 0 Å². The molecule has 0 radical (unpaired) electrons. The topological polar surface area (TPSA) is 50.9 Å². The number of halogens is 2. The molecule has 1 atom stereocenters. The maximum Gasteiger partial charge on any atom is 0.126 e. The van der Waals surface area contributed by atoms with Crippen molar-refractivity contribution in [2.45, 2.75) is 19.4 Å². The first-order valence-electron chi connectivity index (χ1n) is 5.92. The van der Waals surface area contributed by atoms with Crippen molar-refractivity contribution < 1.29 is 4.39 Å². The van der Waals surface area contributed by atoms with Crippen LogP contribution in [0.2, 0.25) is 0 Å². The molecule has 0 fully saturated rings.